The zero-order chi connectivity index (χ0) is 15.0. The van der Waals surface area contributed by atoms with Crippen molar-refractivity contribution in [3.8, 4) is 0 Å². The van der Waals surface area contributed by atoms with E-state index in [1.807, 2.05) is 0 Å². The van der Waals surface area contributed by atoms with E-state index < -0.39 is 0 Å². The molecule has 4 heteroatoms. The summed E-state index contributed by atoms with van der Waals surface area (Å²) in [5.74, 6) is 0. The number of nitrogens with one attached hydrogen (secondary N) is 1. The third-order valence-electron chi connectivity index (χ3n) is 4.50. The molecule has 2 unspecified atom stereocenters. The van der Waals surface area contributed by atoms with Crippen LogP contribution in [0.25, 0.3) is 0 Å². The minimum atomic E-state index is -0.109. The van der Waals surface area contributed by atoms with Gasteiger partial charge in [0.2, 0.25) is 0 Å². The first kappa shape index (κ1) is 17.9. The van der Waals surface area contributed by atoms with E-state index in [9.17, 15) is 5.11 Å². The van der Waals surface area contributed by atoms with Crippen molar-refractivity contribution in [1.29, 1.82) is 0 Å². The summed E-state index contributed by atoms with van der Waals surface area (Å²) in [6.45, 7) is 12.8. The van der Waals surface area contributed by atoms with Gasteiger partial charge >= 0.3 is 0 Å². The van der Waals surface area contributed by atoms with Crippen LogP contribution in [0.4, 0.5) is 0 Å². The van der Waals surface area contributed by atoms with Gasteiger partial charge in [-0.15, -0.1) is 0 Å². The first-order valence-electron chi connectivity index (χ1n) is 8.27. The van der Waals surface area contributed by atoms with E-state index >= 15 is 0 Å². The van der Waals surface area contributed by atoms with Crippen molar-refractivity contribution in [2.75, 3.05) is 32.9 Å². The third kappa shape index (κ3) is 5.32. The molecule has 2 atom stereocenters. The molecule has 0 spiro atoms. The predicted octanol–water partition coefficient (Wildman–Crippen LogP) is 2.02. The lowest BCUT2D eigenvalue weighted by Gasteiger charge is -2.38. The van der Waals surface area contributed by atoms with Gasteiger partial charge in [-0.05, 0) is 32.2 Å². The molecular formula is C16H34N2O2. The SMILES string of the molecule is CCC1COCCN1CCCC(CC)(CO)NC(C)C. The Morgan fingerprint density at radius 2 is 2.15 bits per heavy atom. The summed E-state index contributed by atoms with van der Waals surface area (Å²) in [5, 5.41) is 13.3. The highest BCUT2D eigenvalue weighted by atomic mass is 16.5. The number of hydrogen-bond acceptors (Lipinski definition) is 4. The van der Waals surface area contributed by atoms with E-state index in [1.165, 1.54) is 0 Å². The summed E-state index contributed by atoms with van der Waals surface area (Å²) in [5.41, 5.74) is -0.109. The highest BCUT2D eigenvalue weighted by molar-refractivity contribution is 4.88. The average molecular weight is 286 g/mol. The Balaban J connectivity index is 2.43. The van der Waals surface area contributed by atoms with Crippen LogP contribution in [0.15, 0.2) is 0 Å². The van der Waals surface area contributed by atoms with E-state index in [0.717, 1.165) is 52.0 Å². The smallest absolute Gasteiger partial charge is 0.0622 e. The van der Waals surface area contributed by atoms with Crippen LogP contribution in [0.2, 0.25) is 0 Å². The summed E-state index contributed by atoms with van der Waals surface area (Å²) in [4.78, 5) is 2.55. The fourth-order valence-corrected chi connectivity index (χ4v) is 3.18. The van der Waals surface area contributed by atoms with Gasteiger partial charge in [-0.2, -0.15) is 0 Å². The van der Waals surface area contributed by atoms with Crippen molar-refractivity contribution in [3.63, 3.8) is 0 Å². The van der Waals surface area contributed by atoms with Crippen LogP contribution in [-0.2, 0) is 4.74 Å². The molecule has 4 nitrogen and oxygen atoms in total. The molecule has 1 rings (SSSR count). The first-order chi connectivity index (χ1) is 9.56. The minimum Gasteiger partial charge on any atom is -0.394 e. The Kier molecular flexibility index (Phi) is 8.03. The Hall–Kier alpha value is -0.160. The number of hydrogen-bond donors (Lipinski definition) is 2. The topological polar surface area (TPSA) is 44.7 Å². The quantitative estimate of drug-likeness (QED) is 0.681. The van der Waals surface area contributed by atoms with Gasteiger partial charge < -0.3 is 15.2 Å². The summed E-state index contributed by atoms with van der Waals surface area (Å²) < 4.78 is 5.55. The second-order valence-corrected chi connectivity index (χ2v) is 6.37. The van der Waals surface area contributed by atoms with Crippen molar-refractivity contribution in [3.05, 3.63) is 0 Å². The zero-order valence-corrected chi connectivity index (χ0v) is 13.8. The van der Waals surface area contributed by atoms with Crippen LogP contribution in [0.1, 0.15) is 53.4 Å². The van der Waals surface area contributed by atoms with Gasteiger partial charge in [-0.3, -0.25) is 4.90 Å². The van der Waals surface area contributed by atoms with E-state index in [2.05, 4.69) is 37.9 Å². The van der Waals surface area contributed by atoms with Gasteiger partial charge in [0.05, 0.1) is 19.8 Å². The second-order valence-electron chi connectivity index (χ2n) is 6.37. The van der Waals surface area contributed by atoms with E-state index in [4.69, 9.17) is 4.74 Å². The maximum Gasteiger partial charge on any atom is 0.0622 e. The van der Waals surface area contributed by atoms with Crippen LogP contribution in [0.5, 0.6) is 0 Å². The molecular weight excluding hydrogens is 252 g/mol. The standard InChI is InChI=1S/C16H34N2O2/c1-5-15-12-20-11-10-18(15)9-7-8-16(6-2,13-19)17-14(3)4/h14-15,17,19H,5-13H2,1-4H3. The highest BCUT2D eigenvalue weighted by Gasteiger charge is 2.28. The molecule has 1 fully saturated rings. The number of nitrogens with zero attached hydrogens (tertiary/aromatic N) is 1. The maximum atomic E-state index is 9.76. The maximum absolute atomic E-state index is 9.76. The van der Waals surface area contributed by atoms with Crippen LogP contribution in [0.3, 0.4) is 0 Å². The van der Waals surface area contributed by atoms with Crippen LogP contribution in [-0.4, -0.2) is 60.5 Å². The Labute approximate surface area is 124 Å². The molecule has 0 saturated carbocycles. The van der Waals surface area contributed by atoms with Gasteiger partial charge in [0.15, 0.2) is 0 Å². The Bertz CT molecular complexity index is 255. The van der Waals surface area contributed by atoms with Gasteiger partial charge in [0, 0.05) is 24.2 Å². The molecule has 1 heterocycles. The molecule has 0 aromatic carbocycles. The third-order valence-corrected chi connectivity index (χ3v) is 4.50. The van der Waals surface area contributed by atoms with E-state index in [1.54, 1.807) is 0 Å². The number of aliphatic hydroxyl groups excluding tert-OH is 1. The minimum absolute atomic E-state index is 0.109. The zero-order valence-electron chi connectivity index (χ0n) is 13.8. The van der Waals surface area contributed by atoms with Crippen molar-refractivity contribution in [2.45, 2.75) is 71.0 Å². The molecule has 1 saturated heterocycles. The van der Waals surface area contributed by atoms with Gasteiger partial charge in [-0.25, -0.2) is 0 Å². The predicted molar refractivity (Wildman–Crippen MR) is 84.1 cm³/mol. The molecule has 120 valence electrons. The summed E-state index contributed by atoms with van der Waals surface area (Å²) in [6.07, 6.45) is 4.29. The molecule has 0 aliphatic carbocycles. The molecule has 20 heavy (non-hydrogen) atoms. The largest absolute Gasteiger partial charge is 0.394 e. The highest BCUT2D eigenvalue weighted by Crippen LogP contribution is 2.20. The van der Waals surface area contributed by atoms with E-state index in [-0.39, 0.29) is 12.1 Å². The van der Waals surface area contributed by atoms with Crippen LogP contribution < -0.4 is 5.32 Å². The lowest BCUT2D eigenvalue weighted by atomic mass is 9.90. The fraction of sp³-hybridized carbons (Fsp3) is 1.00. The van der Waals surface area contributed by atoms with E-state index in [0.29, 0.717) is 12.1 Å². The normalized spacial score (nSPS) is 24.0. The number of ether oxygens (including phenoxy) is 1. The number of rotatable bonds is 9. The molecule has 0 aromatic heterocycles. The Morgan fingerprint density at radius 3 is 2.70 bits per heavy atom. The second kappa shape index (κ2) is 8.98. The summed E-state index contributed by atoms with van der Waals surface area (Å²) in [6, 6.07) is 0.987. The van der Waals surface area contributed by atoms with Crippen molar-refractivity contribution >= 4 is 0 Å². The van der Waals surface area contributed by atoms with Crippen molar-refractivity contribution in [1.82, 2.24) is 10.2 Å². The van der Waals surface area contributed by atoms with Crippen molar-refractivity contribution < 1.29 is 9.84 Å². The van der Waals surface area contributed by atoms with Gasteiger partial charge in [0.25, 0.3) is 0 Å². The lowest BCUT2D eigenvalue weighted by Crippen LogP contribution is -2.52. The van der Waals surface area contributed by atoms with Gasteiger partial charge in [0.1, 0.15) is 0 Å². The molecule has 2 N–H and O–H groups in total. The average Bonchev–Trinajstić information content (AvgIpc) is 2.46. The molecule has 0 aromatic rings. The molecule has 1 aliphatic rings. The molecule has 0 bridgehead atoms. The molecule has 0 amide bonds. The molecule has 1 aliphatic heterocycles. The first-order valence-corrected chi connectivity index (χ1v) is 8.27. The number of aliphatic hydroxyl groups is 1. The van der Waals surface area contributed by atoms with Crippen molar-refractivity contribution in [2.24, 2.45) is 0 Å². The fourth-order valence-electron chi connectivity index (χ4n) is 3.18. The number of morpholine rings is 1. The molecule has 0 radical (unpaired) electrons. The summed E-state index contributed by atoms with van der Waals surface area (Å²) in [7, 11) is 0. The lowest BCUT2D eigenvalue weighted by molar-refractivity contribution is -0.0106. The van der Waals surface area contributed by atoms with Crippen LogP contribution >= 0.6 is 0 Å². The summed E-state index contributed by atoms with van der Waals surface area (Å²) >= 11 is 0. The van der Waals surface area contributed by atoms with Gasteiger partial charge in [-0.1, -0.05) is 27.7 Å². The monoisotopic (exact) mass is 286 g/mol. The van der Waals surface area contributed by atoms with Crippen LogP contribution in [0, 0.1) is 0 Å². The Morgan fingerprint density at radius 1 is 1.40 bits per heavy atom.